The van der Waals surface area contributed by atoms with Crippen LogP contribution in [0.15, 0.2) is 40.8 Å². The van der Waals surface area contributed by atoms with E-state index in [1.807, 2.05) is 0 Å². The van der Waals surface area contributed by atoms with Gasteiger partial charge in [-0.2, -0.15) is 0 Å². The number of fused-ring (bicyclic) bond motifs is 1. The highest BCUT2D eigenvalue weighted by Crippen LogP contribution is 2.37. The fourth-order valence-electron chi connectivity index (χ4n) is 2.57. The van der Waals surface area contributed by atoms with E-state index in [4.69, 9.17) is 4.42 Å². The van der Waals surface area contributed by atoms with E-state index >= 15 is 0 Å². The van der Waals surface area contributed by atoms with Gasteiger partial charge in [-0.25, -0.2) is 4.39 Å². The van der Waals surface area contributed by atoms with Crippen LogP contribution in [0.2, 0.25) is 0 Å². The number of carbonyl (C=O) groups excluding carboxylic acids is 2. The molecule has 24 heavy (non-hydrogen) atoms. The van der Waals surface area contributed by atoms with Crippen molar-refractivity contribution in [3.8, 4) is 17.1 Å². The third kappa shape index (κ3) is 2.52. The summed E-state index contributed by atoms with van der Waals surface area (Å²) in [6.45, 7) is 1.32. The number of rotatable bonds is 3. The van der Waals surface area contributed by atoms with Crippen molar-refractivity contribution < 1.29 is 23.5 Å². The molecule has 6 heteroatoms. The van der Waals surface area contributed by atoms with Crippen LogP contribution >= 0.6 is 0 Å². The van der Waals surface area contributed by atoms with E-state index in [-0.39, 0.29) is 34.0 Å². The van der Waals surface area contributed by atoms with Gasteiger partial charge in [0.25, 0.3) is 5.91 Å². The first-order chi connectivity index (χ1) is 11.4. The van der Waals surface area contributed by atoms with Gasteiger partial charge in [-0.15, -0.1) is 0 Å². The first-order valence-electron chi connectivity index (χ1n) is 7.21. The first kappa shape index (κ1) is 15.7. The number of halogens is 1. The van der Waals surface area contributed by atoms with Gasteiger partial charge in [0, 0.05) is 18.0 Å². The lowest BCUT2D eigenvalue weighted by Gasteiger charge is -2.03. The van der Waals surface area contributed by atoms with E-state index in [0.29, 0.717) is 10.9 Å². The van der Waals surface area contributed by atoms with Crippen molar-refractivity contribution in [3.63, 3.8) is 0 Å². The second-order valence-corrected chi connectivity index (χ2v) is 5.31. The summed E-state index contributed by atoms with van der Waals surface area (Å²) >= 11 is 0. The molecule has 0 bridgehead atoms. The monoisotopic (exact) mass is 327 g/mol. The van der Waals surface area contributed by atoms with E-state index in [9.17, 15) is 19.1 Å². The summed E-state index contributed by atoms with van der Waals surface area (Å²) in [5, 5.41) is 12.9. The largest absolute Gasteiger partial charge is 0.507 e. The number of phenolic OH excluding ortho intramolecular Hbond substituents is 1. The summed E-state index contributed by atoms with van der Waals surface area (Å²) in [6, 6.07) is 8.22. The summed E-state index contributed by atoms with van der Waals surface area (Å²) in [5.41, 5.74) is 1.11. The molecular weight excluding hydrogens is 313 g/mol. The molecule has 0 aliphatic heterocycles. The van der Waals surface area contributed by atoms with Crippen LogP contribution in [0.3, 0.4) is 0 Å². The van der Waals surface area contributed by atoms with Crippen LogP contribution in [0.5, 0.6) is 5.75 Å². The maximum Gasteiger partial charge on any atom is 0.255 e. The lowest BCUT2D eigenvalue weighted by Crippen LogP contribution is -2.18. The number of aromatic hydroxyl groups is 1. The number of Topliss-reactive ketones (excluding diaryl/α,β-unsaturated/α-hetero) is 1. The Hall–Kier alpha value is -3.15. The Kier molecular flexibility index (Phi) is 3.81. The first-order valence-corrected chi connectivity index (χ1v) is 7.21. The van der Waals surface area contributed by atoms with Crippen LogP contribution < -0.4 is 5.32 Å². The topological polar surface area (TPSA) is 79.5 Å². The zero-order valence-corrected chi connectivity index (χ0v) is 13.0. The Balaban J connectivity index is 2.33. The van der Waals surface area contributed by atoms with Crippen molar-refractivity contribution in [1.82, 2.24) is 5.32 Å². The van der Waals surface area contributed by atoms with Gasteiger partial charge in [0.15, 0.2) is 5.78 Å². The molecule has 0 radical (unpaired) electrons. The fourth-order valence-corrected chi connectivity index (χ4v) is 2.57. The number of amides is 1. The fraction of sp³-hybridized carbons (Fsp3) is 0.111. The van der Waals surface area contributed by atoms with Crippen molar-refractivity contribution >= 4 is 22.7 Å². The van der Waals surface area contributed by atoms with Gasteiger partial charge in [-0.3, -0.25) is 9.59 Å². The van der Waals surface area contributed by atoms with Crippen LogP contribution in [0.1, 0.15) is 27.6 Å². The normalized spacial score (nSPS) is 10.8. The third-order valence-electron chi connectivity index (χ3n) is 3.75. The Morgan fingerprint density at radius 3 is 2.42 bits per heavy atom. The highest BCUT2D eigenvalue weighted by atomic mass is 19.1. The molecule has 1 aromatic heterocycles. The third-order valence-corrected chi connectivity index (χ3v) is 3.75. The van der Waals surface area contributed by atoms with Gasteiger partial charge >= 0.3 is 0 Å². The lowest BCUT2D eigenvalue weighted by molar-refractivity contribution is 0.0963. The van der Waals surface area contributed by atoms with Crippen molar-refractivity contribution in [2.24, 2.45) is 0 Å². The molecule has 2 N–H and O–H groups in total. The predicted molar refractivity (Wildman–Crippen MR) is 86.7 cm³/mol. The average molecular weight is 327 g/mol. The summed E-state index contributed by atoms with van der Waals surface area (Å²) in [4.78, 5) is 23.9. The molecule has 3 rings (SSSR count). The van der Waals surface area contributed by atoms with Crippen LogP contribution in [-0.4, -0.2) is 23.8 Å². The van der Waals surface area contributed by atoms with Gasteiger partial charge < -0.3 is 14.8 Å². The minimum absolute atomic E-state index is 0.102. The average Bonchev–Trinajstić information content (AvgIpc) is 2.92. The van der Waals surface area contributed by atoms with Crippen molar-refractivity contribution in [1.29, 1.82) is 0 Å². The Morgan fingerprint density at radius 1 is 1.17 bits per heavy atom. The highest BCUT2D eigenvalue weighted by molar-refractivity contribution is 6.12. The molecule has 1 heterocycles. The van der Waals surface area contributed by atoms with Gasteiger partial charge in [0.1, 0.15) is 22.9 Å². The number of hydrogen-bond donors (Lipinski definition) is 2. The summed E-state index contributed by atoms with van der Waals surface area (Å²) < 4.78 is 18.9. The molecule has 0 spiro atoms. The molecular formula is C18H14FNO4. The van der Waals surface area contributed by atoms with Gasteiger partial charge in [0.2, 0.25) is 0 Å². The van der Waals surface area contributed by atoms with E-state index in [1.54, 1.807) is 0 Å². The minimum Gasteiger partial charge on any atom is -0.507 e. The molecule has 5 nitrogen and oxygen atoms in total. The van der Waals surface area contributed by atoms with E-state index in [1.165, 1.54) is 50.4 Å². The van der Waals surface area contributed by atoms with Crippen LogP contribution in [0.4, 0.5) is 4.39 Å². The van der Waals surface area contributed by atoms with Gasteiger partial charge in [0.05, 0.1) is 11.1 Å². The summed E-state index contributed by atoms with van der Waals surface area (Å²) in [6.07, 6.45) is 0. The molecule has 0 saturated carbocycles. The van der Waals surface area contributed by atoms with Gasteiger partial charge in [-0.05, 0) is 43.3 Å². The minimum atomic E-state index is -0.414. The molecule has 0 unspecified atom stereocenters. The molecule has 3 aromatic rings. The number of ketones is 1. The quantitative estimate of drug-likeness (QED) is 0.722. The number of phenols is 1. The summed E-state index contributed by atoms with van der Waals surface area (Å²) in [7, 11) is 1.47. The molecule has 1 amide bonds. The van der Waals surface area contributed by atoms with Crippen LogP contribution in [0.25, 0.3) is 22.3 Å². The molecule has 0 aliphatic rings. The van der Waals surface area contributed by atoms with Crippen molar-refractivity contribution in [3.05, 3.63) is 53.3 Å². The highest BCUT2D eigenvalue weighted by Gasteiger charge is 2.23. The van der Waals surface area contributed by atoms with E-state index < -0.39 is 11.7 Å². The smallest absolute Gasteiger partial charge is 0.255 e. The second-order valence-electron chi connectivity index (χ2n) is 5.31. The SMILES string of the molecule is CNC(=O)c1c(-c2ccc(F)cc2)oc2cc(C(C)=O)c(O)cc12. The summed E-state index contributed by atoms with van der Waals surface area (Å²) in [5.74, 6) is -1.14. The zero-order valence-electron chi connectivity index (χ0n) is 13.0. The van der Waals surface area contributed by atoms with Crippen LogP contribution in [0, 0.1) is 5.82 Å². The number of furan rings is 1. The number of carbonyl (C=O) groups is 2. The lowest BCUT2D eigenvalue weighted by atomic mass is 10.0. The maximum absolute atomic E-state index is 13.1. The molecule has 0 atom stereocenters. The molecule has 0 aliphatic carbocycles. The molecule has 122 valence electrons. The molecule has 0 fully saturated rings. The molecule has 2 aromatic carbocycles. The Bertz CT molecular complexity index is 957. The van der Waals surface area contributed by atoms with E-state index in [2.05, 4.69) is 5.32 Å². The zero-order chi connectivity index (χ0) is 17.4. The predicted octanol–water partition coefficient (Wildman–Crippen LogP) is 3.51. The standard InChI is InChI=1S/C18H14FNO4/c1-9(21)12-8-15-13(7-14(12)22)16(18(23)20-2)17(24-15)10-3-5-11(19)6-4-10/h3-8,22H,1-2H3,(H,20,23). The van der Waals surface area contributed by atoms with Crippen molar-refractivity contribution in [2.75, 3.05) is 7.05 Å². The number of hydrogen-bond acceptors (Lipinski definition) is 4. The number of benzene rings is 2. The van der Waals surface area contributed by atoms with Gasteiger partial charge in [-0.1, -0.05) is 0 Å². The Labute approximate surface area is 136 Å². The van der Waals surface area contributed by atoms with E-state index in [0.717, 1.165) is 0 Å². The number of nitrogens with one attached hydrogen (secondary N) is 1. The molecule has 0 saturated heterocycles. The maximum atomic E-state index is 13.1. The van der Waals surface area contributed by atoms with Crippen molar-refractivity contribution in [2.45, 2.75) is 6.92 Å². The second kappa shape index (κ2) is 5.81. The van der Waals surface area contributed by atoms with Crippen LogP contribution in [-0.2, 0) is 0 Å². The Morgan fingerprint density at radius 2 is 1.83 bits per heavy atom.